The molecule has 8 rings (SSSR count). The minimum absolute atomic E-state index is 0. The van der Waals surface area contributed by atoms with Gasteiger partial charge in [-0.3, -0.25) is 15.0 Å². The summed E-state index contributed by atoms with van der Waals surface area (Å²) < 4.78 is 110. The number of hydrogen-bond donors (Lipinski definition) is 1. The summed E-state index contributed by atoms with van der Waals surface area (Å²) in [5.41, 5.74) is 12.9. The number of ether oxygens (including phenoxy) is 9. The number of halogens is 1. The van der Waals surface area contributed by atoms with Crippen LogP contribution in [0.1, 0.15) is 249 Å². The molecule has 694 valence electrons. The quantitative estimate of drug-likeness (QED) is 0.0336. The van der Waals surface area contributed by atoms with E-state index in [2.05, 4.69) is 77.5 Å². The van der Waals surface area contributed by atoms with Gasteiger partial charge in [0.15, 0.2) is 25.4 Å². The van der Waals surface area contributed by atoms with Gasteiger partial charge in [-0.2, -0.15) is 29.5 Å². The second kappa shape index (κ2) is 71.4. The minimum Gasteiger partial charge on any atom is -0.392 e. The Morgan fingerprint density at radius 1 is 0.472 bits per heavy atom. The molecule has 1 atom stereocenters. The molecule has 29 heteroatoms. The van der Waals surface area contributed by atoms with E-state index < -0.39 is 31.2 Å². The average molecular weight is 1810 g/mol. The topological polar surface area (TPSA) is 347 Å². The SMILES string of the molecule is C.CC(C)OCCCN1CC[C@@H](O)C1.CC(C)OCc1cc(Cl)cc(C#N)c1.CC(C)OCc1cncc(C#N)c1.CC(C)OCc1cncc(S(C)(=O)=O)c1.CCOC(C)C.COC(C)C.Cc1cc(C#N)cc(COC(C)C)c1.Cc1cc(COC(C)C)cc(S(C)(=O)=O)c1.Cc1cncc(C(C)C)c1.O=S=O.[C-]#[N+]c1cc(C#N)cc(COC(C)C)c1. The largest absolute Gasteiger partial charge is 0.392 e. The molecule has 0 radical (unpaired) electrons. The van der Waals surface area contributed by atoms with Gasteiger partial charge in [0.2, 0.25) is 0 Å². The maximum atomic E-state index is 11.4. The summed E-state index contributed by atoms with van der Waals surface area (Å²) in [6.45, 7) is 62.4. The Hall–Kier alpha value is -8.65. The van der Waals surface area contributed by atoms with Gasteiger partial charge < -0.3 is 52.6 Å². The molecule has 1 aliphatic heterocycles. The molecule has 0 unspecified atom stereocenters. The molecule has 1 aliphatic rings. The molecule has 0 saturated carbocycles. The third-order valence-corrected chi connectivity index (χ3v) is 18.0. The highest BCUT2D eigenvalue weighted by molar-refractivity contribution is 7.91. The molecule has 0 bridgehead atoms. The van der Waals surface area contributed by atoms with Crippen molar-refractivity contribution in [3.8, 4) is 24.3 Å². The summed E-state index contributed by atoms with van der Waals surface area (Å²) in [7, 11) is -4.62. The normalized spacial score (nSPS) is 11.8. The van der Waals surface area contributed by atoms with Crippen molar-refractivity contribution in [3.05, 3.63) is 223 Å². The minimum atomic E-state index is -3.18. The number of benzene rings is 4. The molecular weight excluding hydrogens is 1670 g/mol. The molecule has 125 heavy (non-hydrogen) atoms. The summed E-state index contributed by atoms with van der Waals surface area (Å²) in [6.07, 6.45) is 16.4. The van der Waals surface area contributed by atoms with Gasteiger partial charge in [-0.25, -0.2) is 21.7 Å². The Balaban J connectivity index is -0.000000655. The second-order valence-electron chi connectivity index (χ2n) is 31.3. The first kappa shape index (κ1) is 123. The molecule has 1 N–H and O–H groups in total. The maximum Gasteiger partial charge on any atom is 0.335 e. The predicted octanol–water partition coefficient (Wildman–Crippen LogP) is 20.4. The summed E-state index contributed by atoms with van der Waals surface area (Å²) in [5.74, 6) is 0.590. The summed E-state index contributed by atoms with van der Waals surface area (Å²) in [6, 6.07) is 35.2. The Labute approximate surface area is 759 Å². The summed E-state index contributed by atoms with van der Waals surface area (Å²) >= 11 is 5.09. The van der Waals surface area contributed by atoms with Crippen molar-refractivity contribution in [2.45, 2.75) is 303 Å². The van der Waals surface area contributed by atoms with Gasteiger partial charge in [-0.1, -0.05) is 57.1 Å². The number of likely N-dealkylation sites (tertiary alicyclic amines) is 1. The molecule has 4 heterocycles. The van der Waals surface area contributed by atoms with Gasteiger partial charge in [0.05, 0.1) is 152 Å². The van der Waals surface area contributed by atoms with Crippen LogP contribution in [0.25, 0.3) is 4.85 Å². The lowest BCUT2D eigenvalue weighted by Crippen LogP contribution is -2.24. The van der Waals surface area contributed by atoms with Gasteiger partial charge in [0, 0.05) is 100 Å². The lowest BCUT2D eigenvalue weighted by Gasteiger charge is -2.15. The van der Waals surface area contributed by atoms with Crippen LogP contribution in [-0.2, 0) is 114 Å². The maximum absolute atomic E-state index is 11.4. The lowest BCUT2D eigenvalue weighted by atomic mass is 10.0. The number of aliphatic hydroxyl groups is 1. The Morgan fingerprint density at radius 3 is 1.21 bits per heavy atom. The van der Waals surface area contributed by atoms with E-state index in [1.165, 1.54) is 23.6 Å². The number of pyridine rings is 3. The van der Waals surface area contributed by atoms with Crippen LogP contribution in [0.3, 0.4) is 0 Å². The van der Waals surface area contributed by atoms with Crippen LogP contribution in [-0.4, -0.2) is 164 Å². The molecule has 3 aromatic heterocycles. The van der Waals surface area contributed by atoms with E-state index in [0.29, 0.717) is 102 Å². The van der Waals surface area contributed by atoms with Crippen LogP contribution in [0, 0.1) is 72.7 Å². The van der Waals surface area contributed by atoms with E-state index in [1.807, 2.05) is 186 Å². The number of nitrogens with zero attached hydrogens (tertiary/aromatic N) is 9. The Kier molecular flexibility index (Phi) is 70.0. The van der Waals surface area contributed by atoms with E-state index in [-0.39, 0.29) is 55.0 Å². The number of nitriles is 4. The molecule has 4 aromatic carbocycles. The van der Waals surface area contributed by atoms with Crippen LogP contribution in [0.4, 0.5) is 5.69 Å². The van der Waals surface area contributed by atoms with Crippen molar-refractivity contribution in [2.24, 2.45) is 0 Å². The Bertz CT molecular complexity index is 4500. The smallest absolute Gasteiger partial charge is 0.335 e. The van der Waals surface area contributed by atoms with E-state index in [1.54, 1.807) is 80.3 Å². The monoisotopic (exact) mass is 1810 g/mol. The number of aromatic nitrogens is 3. The highest BCUT2D eigenvalue weighted by Gasteiger charge is 2.19. The number of methoxy groups -OCH3 is 1. The molecule has 1 saturated heterocycles. The number of hydrogen-bond acceptors (Lipinski definition) is 24. The standard InChI is InChI=1S/C12H12N2O.C12H15NO.C12H18O3S.C11H12ClNO.C10H12N2O.C10H15NO3S.C10H21NO2.C9H13N.C5H12O.C4H10O.CH4.O2S/c1-9(2)15-8-11-4-10(7-13)5-12(6-11)14-3;1-9(2)14-8-12-5-10(3)4-11(6-12)7-13;1-9(2)15-8-11-5-10(3)6-12(7-11)16(4,13)14;1-8(2)14-7-10-3-9(6-13)4-11(12)5-10;1-8(2)13-7-10-3-9(4-11)5-12-6-10;1-8(2)14-7-9-4-10(6-11-5-9)15(3,12)13;1-9(2)13-7-3-5-11-6-4-10(12)8-11;1-7(2)9-4-8(3)5-10-6-9;1-4-6-5(2)3;1-4(2)5-3;;1-3-2/h4-6,9H,8H2,1-2H3;4-6,9H,8H2,1-3H3;5-7,9H,8H2,1-4H3;3-5,8H,7H2,1-2H3;3,5-6,8H,7H2,1-2H3;4-6,8H,7H2,1-3H3;9-10,12H,3-8H2,1-2H3;4-7H,1-3H3;5H,4H2,1-3H3;4H,1-3H3;1H4;/t;;;;;;10-;;;;;/m......1...../s1. The molecule has 0 aliphatic carbocycles. The van der Waals surface area contributed by atoms with Crippen LogP contribution < -0.4 is 0 Å². The van der Waals surface area contributed by atoms with Crippen molar-refractivity contribution in [3.63, 3.8) is 0 Å². The van der Waals surface area contributed by atoms with Crippen LogP contribution in [0.2, 0.25) is 5.02 Å². The van der Waals surface area contributed by atoms with Crippen molar-refractivity contribution in [2.75, 3.05) is 52.5 Å². The second-order valence-corrected chi connectivity index (χ2v) is 35.9. The van der Waals surface area contributed by atoms with Gasteiger partial charge in [-0.05, 0) is 293 Å². The molecule has 7 aromatic rings. The molecule has 1 fully saturated rings. The number of β-amino-alcohol motifs (C(OH)–C–C–N with tert-alkyl or cyclic N) is 1. The fourth-order valence-corrected chi connectivity index (χ4v) is 11.3. The third kappa shape index (κ3) is 69.2. The Morgan fingerprint density at radius 2 is 0.840 bits per heavy atom. The van der Waals surface area contributed by atoms with Crippen LogP contribution in [0.15, 0.2) is 138 Å². The number of aliphatic hydroxyl groups excluding tert-OH is 1. The van der Waals surface area contributed by atoms with Gasteiger partial charge in [0.1, 0.15) is 6.07 Å². The fourth-order valence-electron chi connectivity index (χ4n) is 9.62. The number of aryl methyl sites for hydroxylation is 3. The van der Waals surface area contributed by atoms with Crippen molar-refractivity contribution in [1.29, 1.82) is 21.0 Å². The van der Waals surface area contributed by atoms with E-state index in [4.69, 9.17) is 90.3 Å². The summed E-state index contributed by atoms with van der Waals surface area (Å²) in [5, 5.41) is 44.7. The molecule has 0 amide bonds. The third-order valence-electron chi connectivity index (χ3n) is 15.6. The van der Waals surface area contributed by atoms with Crippen LogP contribution in [0.5, 0.6) is 0 Å². The highest BCUT2D eigenvalue weighted by Crippen LogP contribution is 2.22. The van der Waals surface area contributed by atoms with E-state index in [0.717, 1.165) is 96.5 Å². The molecule has 25 nitrogen and oxygen atoms in total. The van der Waals surface area contributed by atoms with E-state index in [9.17, 15) is 21.9 Å². The zero-order valence-electron chi connectivity index (χ0n) is 78.4. The first-order valence-electron chi connectivity index (χ1n) is 41.2. The molecular formula is C96H144ClN9O16S3. The zero-order valence-corrected chi connectivity index (χ0v) is 81.6. The number of sulfone groups is 2. The van der Waals surface area contributed by atoms with Crippen molar-refractivity contribution < 1.29 is 73.0 Å². The predicted molar refractivity (Wildman–Crippen MR) is 500 cm³/mol. The molecule has 0 spiro atoms. The fraction of sp³-hybridized carbons (Fsp3) is 0.542. The number of rotatable bonds is 29. The first-order chi connectivity index (χ1) is 58.1. The zero-order chi connectivity index (χ0) is 95.1. The summed E-state index contributed by atoms with van der Waals surface area (Å²) in [4.78, 5) is 18.1. The van der Waals surface area contributed by atoms with Crippen LogP contribution >= 0.6 is 11.6 Å². The highest BCUT2D eigenvalue weighted by atomic mass is 35.5. The van der Waals surface area contributed by atoms with E-state index >= 15 is 0 Å². The first-order valence-corrected chi connectivity index (χ1v) is 46.1. The van der Waals surface area contributed by atoms with Gasteiger partial charge >= 0.3 is 11.6 Å². The average Bonchev–Trinajstić information content (AvgIpc) is 1.38. The van der Waals surface area contributed by atoms with Gasteiger partial charge in [-0.15, -0.1) is 0 Å². The van der Waals surface area contributed by atoms with Crippen molar-refractivity contribution >= 4 is 48.5 Å². The lowest BCUT2D eigenvalue weighted by molar-refractivity contribution is 0.0653. The van der Waals surface area contributed by atoms with Gasteiger partial charge in [0.25, 0.3) is 0 Å². The van der Waals surface area contributed by atoms with Crippen molar-refractivity contribution in [1.82, 2.24) is 19.9 Å².